The zero-order valence-electron chi connectivity index (χ0n) is 10.1. The standard InChI is InChI=1S/C11H18BrN3O2/c1-15-8-9(12)7-10(15)11(16)14-4-3-13-5-6-17-2/h7-8,13H,3-6H2,1-2H3,(H,14,16). The Balaban J connectivity index is 2.23. The topological polar surface area (TPSA) is 55.3 Å². The van der Waals surface area contributed by atoms with Crippen molar-refractivity contribution in [3.05, 3.63) is 22.4 Å². The van der Waals surface area contributed by atoms with E-state index in [9.17, 15) is 4.79 Å². The number of halogens is 1. The van der Waals surface area contributed by atoms with Gasteiger partial charge >= 0.3 is 0 Å². The highest BCUT2D eigenvalue weighted by molar-refractivity contribution is 9.10. The van der Waals surface area contributed by atoms with Gasteiger partial charge in [0, 0.05) is 44.5 Å². The molecule has 0 unspecified atom stereocenters. The van der Waals surface area contributed by atoms with Crippen LogP contribution in [0.25, 0.3) is 0 Å². The molecule has 0 radical (unpaired) electrons. The van der Waals surface area contributed by atoms with Crippen LogP contribution in [-0.4, -0.2) is 43.8 Å². The van der Waals surface area contributed by atoms with Crippen LogP contribution < -0.4 is 10.6 Å². The smallest absolute Gasteiger partial charge is 0.267 e. The molecule has 0 atom stereocenters. The van der Waals surface area contributed by atoms with Gasteiger partial charge in [0.25, 0.3) is 5.91 Å². The van der Waals surface area contributed by atoms with E-state index in [-0.39, 0.29) is 5.91 Å². The lowest BCUT2D eigenvalue weighted by atomic mass is 10.4. The molecule has 2 N–H and O–H groups in total. The minimum absolute atomic E-state index is 0.0632. The fraction of sp³-hybridized carbons (Fsp3) is 0.545. The number of nitrogens with one attached hydrogen (secondary N) is 2. The first-order valence-electron chi connectivity index (χ1n) is 5.45. The Labute approximate surface area is 110 Å². The van der Waals surface area contributed by atoms with Gasteiger partial charge in [0.1, 0.15) is 5.69 Å². The van der Waals surface area contributed by atoms with Gasteiger partial charge in [-0.2, -0.15) is 0 Å². The molecule has 0 saturated carbocycles. The average molecular weight is 304 g/mol. The Morgan fingerprint density at radius 1 is 1.47 bits per heavy atom. The molecular weight excluding hydrogens is 286 g/mol. The molecule has 1 aromatic heterocycles. The SMILES string of the molecule is COCCNCCNC(=O)c1cc(Br)cn1C. The molecule has 5 nitrogen and oxygen atoms in total. The Bertz CT molecular complexity index is 366. The number of hydrogen-bond acceptors (Lipinski definition) is 3. The highest BCUT2D eigenvalue weighted by Crippen LogP contribution is 2.13. The minimum atomic E-state index is -0.0632. The highest BCUT2D eigenvalue weighted by Gasteiger charge is 2.09. The van der Waals surface area contributed by atoms with Crippen LogP contribution in [0.15, 0.2) is 16.7 Å². The molecule has 0 aliphatic carbocycles. The molecule has 17 heavy (non-hydrogen) atoms. The fourth-order valence-corrected chi connectivity index (χ4v) is 1.93. The third-order valence-electron chi connectivity index (χ3n) is 2.27. The molecule has 1 rings (SSSR count). The Morgan fingerprint density at radius 2 is 2.24 bits per heavy atom. The molecule has 1 aromatic rings. The maximum absolute atomic E-state index is 11.8. The molecule has 0 saturated heterocycles. The quantitative estimate of drug-likeness (QED) is 0.731. The van der Waals surface area contributed by atoms with Gasteiger partial charge in [-0.05, 0) is 22.0 Å². The van der Waals surface area contributed by atoms with Crippen LogP contribution in [-0.2, 0) is 11.8 Å². The van der Waals surface area contributed by atoms with Gasteiger partial charge < -0.3 is 19.9 Å². The van der Waals surface area contributed by atoms with E-state index in [0.717, 1.165) is 17.6 Å². The van der Waals surface area contributed by atoms with Crippen LogP contribution in [0.4, 0.5) is 0 Å². The summed E-state index contributed by atoms with van der Waals surface area (Å²) in [6.45, 7) is 2.81. The lowest BCUT2D eigenvalue weighted by Crippen LogP contribution is -2.33. The van der Waals surface area contributed by atoms with Crippen molar-refractivity contribution < 1.29 is 9.53 Å². The predicted octanol–water partition coefficient (Wildman–Crippen LogP) is 0.753. The molecular formula is C11H18BrN3O2. The molecule has 6 heteroatoms. The van der Waals surface area contributed by atoms with Gasteiger partial charge in [-0.3, -0.25) is 4.79 Å². The second kappa shape index (κ2) is 7.47. The maximum Gasteiger partial charge on any atom is 0.267 e. The highest BCUT2D eigenvalue weighted by atomic mass is 79.9. The van der Waals surface area contributed by atoms with Crippen molar-refractivity contribution >= 4 is 21.8 Å². The number of amides is 1. The number of nitrogens with zero attached hydrogens (tertiary/aromatic N) is 1. The van der Waals surface area contributed by atoms with Crippen molar-refractivity contribution in [1.82, 2.24) is 15.2 Å². The van der Waals surface area contributed by atoms with Crippen molar-refractivity contribution in [2.75, 3.05) is 33.4 Å². The van der Waals surface area contributed by atoms with E-state index >= 15 is 0 Å². The van der Waals surface area contributed by atoms with E-state index < -0.39 is 0 Å². The lowest BCUT2D eigenvalue weighted by molar-refractivity contribution is 0.0945. The summed E-state index contributed by atoms with van der Waals surface area (Å²) in [5.74, 6) is -0.0632. The Kier molecular flexibility index (Phi) is 6.25. The summed E-state index contributed by atoms with van der Waals surface area (Å²) in [4.78, 5) is 11.8. The number of aryl methyl sites for hydroxylation is 1. The van der Waals surface area contributed by atoms with Crippen LogP contribution in [0.3, 0.4) is 0 Å². The van der Waals surface area contributed by atoms with Crippen molar-refractivity contribution in [3.8, 4) is 0 Å². The monoisotopic (exact) mass is 303 g/mol. The second-order valence-electron chi connectivity index (χ2n) is 3.65. The Hall–Kier alpha value is -0.850. The number of carbonyl (C=O) groups excluding carboxylic acids is 1. The van der Waals surface area contributed by atoms with Crippen LogP contribution in [0.5, 0.6) is 0 Å². The summed E-state index contributed by atoms with van der Waals surface area (Å²) in [7, 11) is 3.51. The van der Waals surface area contributed by atoms with Crippen LogP contribution in [0, 0.1) is 0 Å². The summed E-state index contributed by atoms with van der Waals surface area (Å²) in [6, 6.07) is 1.80. The zero-order chi connectivity index (χ0) is 12.7. The number of methoxy groups -OCH3 is 1. The number of rotatable bonds is 7. The van der Waals surface area contributed by atoms with Gasteiger partial charge in [-0.25, -0.2) is 0 Å². The number of hydrogen-bond donors (Lipinski definition) is 2. The van der Waals surface area contributed by atoms with Crippen molar-refractivity contribution in [2.45, 2.75) is 0 Å². The van der Waals surface area contributed by atoms with Crippen LogP contribution in [0.1, 0.15) is 10.5 Å². The Morgan fingerprint density at radius 3 is 2.82 bits per heavy atom. The molecule has 0 fully saturated rings. The average Bonchev–Trinajstić information content (AvgIpc) is 2.62. The number of carbonyl (C=O) groups is 1. The normalized spacial score (nSPS) is 10.5. The summed E-state index contributed by atoms with van der Waals surface area (Å²) in [6.07, 6.45) is 1.85. The van der Waals surface area contributed by atoms with E-state index in [4.69, 9.17) is 4.74 Å². The summed E-state index contributed by atoms with van der Waals surface area (Å²) in [5, 5.41) is 6.00. The number of aromatic nitrogens is 1. The molecule has 0 aliphatic rings. The van der Waals surface area contributed by atoms with Gasteiger partial charge in [0.2, 0.25) is 0 Å². The van der Waals surface area contributed by atoms with E-state index in [1.807, 2.05) is 13.2 Å². The second-order valence-corrected chi connectivity index (χ2v) is 4.57. The van der Waals surface area contributed by atoms with Crippen molar-refractivity contribution in [1.29, 1.82) is 0 Å². The third kappa shape index (κ3) is 4.89. The largest absolute Gasteiger partial charge is 0.383 e. The molecule has 0 aliphatic heterocycles. The first-order valence-corrected chi connectivity index (χ1v) is 6.24. The summed E-state index contributed by atoms with van der Waals surface area (Å²) < 4.78 is 7.59. The predicted molar refractivity (Wildman–Crippen MR) is 70.2 cm³/mol. The van der Waals surface area contributed by atoms with E-state index in [1.165, 1.54) is 0 Å². The zero-order valence-corrected chi connectivity index (χ0v) is 11.7. The lowest BCUT2D eigenvalue weighted by Gasteiger charge is -2.07. The van der Waals surface area contributed by atoms with Crippen molar-refractivity contribution in [3.63, 3.8) is 0 Å². The molecule has 1 heterocycles. The van der Waals surface area contributed by atoms with E-state index in [1.54, 1.807) is 17.7 Å². The maximum atomic E-state index is 11.8. The molecule has 0 aromatic carbocycles. The first-order chi connectivity index (χ1) is 8.15. The minimum Gasteiger partial charge on any atom is -0.383 e. The molecule has 1 amide bonds. The van der Waals surface area contributed by atoms with Gasteiger partial charge in [0.05, 0.1) is 6.61 Å². The van der Waals surface area contributed by atoms with E-state index in [0.29, 0.717) is 18.8 Å². The summed E-state index contributed by atoms with van der Waals surface area (Å²) >= 11 is 3.33. The van der Waals surface area contributed by atoms with Gasteiger partial charge in [0.15, 0.2) is 0 Å². The van der Waals surface area contributed by atoms with Gasteiger partial charge in [-0.15, -0.1) is 0 Å². The summed E-state index contributed by atoms with van der Waals surface area (Å²) in [5.41, 5.74) is 0.647. The third-order valence-corrected chi connectivity index (χ3v) is 2.71. The molecule has 0 spiro atoms. The fourth-order valence-electron chi connectivity index (χ4n) is 1.40. The van der Waals surface area contributed by atoms with Crippen molar-refractivity contribution in [2.24, 2.45) is 7.05 Å². The molecule has 0 bridgehead atoms. The molecule has 96 valence electrons. The van der Waals surface area contributed by atoms with Gasteiger partial charge in [-0.1, -0.05) is 0 Å². The first kappa shape index (κ1) is 14.2. The van der Waals surface area contributed by atoms with Crippen LogP contribution >= 0.6 is 15.9 Å². The van der Waals surface area contributed by atoms with E-state index in [2.05, 4.69) is 26.6 Å². The van der Waals surface area contributed by atoms with Crippen LogP contribution in [0.2, 0.25) is 0 Å². The number of ether oxygens (including phenoxy) is 1.